The Kier molecular flexibility index (Phi) is 4.47. The molecule has 7 aromatic carbocycles. The van der Waals surface area contributed by atoms with Gasteiger partial charge < -0.3 is 0 Å². The van der Waals surface area contributed by atoms with Crippen molar-refractivity contribution in [2.45, 2.75) is 6.92 Å². The van der Waals surface area contributed by atoms with Crippen LogP contribution in [0.2, 0.25) is 0 Å². The first-order valence-electron chi connectivity index (χ1n) is 13.1. The fourth-order valence-electron chi connectivity index (χ4n) is 6.13. The van der Waals surface area contributed by atoms with Crippen LogP contribution in [0.5, 0.6) is 0 Å². The van der Waals surface area contributed by atoms with E-state index in [4.69, 9.17) is 4.98 Å². The van der Waals surface area contributed by atoms with Crippen molar-refractivity contribution in [1.29, 1.82) is 0 Å². The number of rotatable bonds is 2. The number of imidazole rings is 1. The minimum absolute atomic E-state index is 0.998. The highest BCUT2D eigenvalue weighted by Gasteiger charge is 2.13. The van der Waals surface area contributed by atoms with E-state index in [0.717, 1.165) is 22.5 Å². The van der Waals surface area contributed by atoms with Crippen LogP contribution in [0.3, 0.4) is 0 Å². The number of para-hydroxylation sites is 2. The molecular weight excluding hydrogens is 460 g/mol. The molecule has 0 spiro atoms. The highest BCUT2D eigenvalue weighted by molar-refractivity contribution is 6.23. The second kappa shape index (κ2) is 8.03. The monoisotopic (exact) mass is 484 g/mol. The summed E-state index contributed by atoms with van der Waals surface area (Å²) in [5.74, 6) is 0.998. The van der Waals surface area contributed by atoms with E-state index in [2.05, 4.69) is 133 Å². The standard InChI is InChI=1S/C36H24N2/c1-23-37-34-12-6-7-13-35(34)38(23)29-19-18-25-20-27(16-15-26(25)21-29)33-22-28-17-14-24-8-2-3-9-30(24)36(28)32-11-5-4-10-31(32)33/h2-22H,1H3. The summed E-state index contributed by atoms with van der Waals surface area (Å²) < 4.78 is 2.24. The van der Waals surface area contributed by atoms with E-state index >= 15 is 0 Å². The van der Waals surface area contributed by atoms with Gasteiger partial charge in [0, 0.05) is 5.69 Å². The van der Waals surface area contributed by atoms with Crippen molar-refractivity contribution in [2.75, 3.05) is 0 Å². The number of hydrogen-bond acceptors (Lipinski definition) is 1. The number of hydrogen-bond donors (Lipinski definition) is 0. The molecule has 0 saturated carbocycles. The van der Waals surface area contributed by atoms with Crippen LogP contribution in [-0.4, -0.2) is 9.55 Å². The Bertz CT molecular complexity index is 2200. The van der Waals surface area contributed by atoms with Crippen LogP contribution < -0.4 is 0 Å². The quantitative estimate of drug-likeness (QED) is 0.223. The lowest BCUT2D eigenvalue weighted by Crippen LogP contribution is -1.96. The van der Waals surface area contributed by atoms with Gasteiger partial charge in [-0.15, -0.1) is 0 Å². The summed E-state index contributed by atoms with van der Waals surface area (Å²) in [5.41, 5.74) is 5.80. The van der Waals surface area contributed by atoms with Gasteiger partial charge in [0.05, 0.1) is 11.0 Å². The maximum Gasteiger partial charge on any atom is 0.111 e. The first-order valence-corrected chi connectivity index (χ1v) is 13.1. The van der Waals surface area contributed by atoms with Crippen molar-refractivity contribution >= 4 is 54.1 Å². The fraction of sp³-hybridized carbons (Fsp3) is 0.0278. The van der Waals surface area contributed by atoms with Crippen LogP contribution in [0.1, 0.15) is 5.82 Å². The Morgan fingerprint density at radius 3 is 2.13 bits per heavy atom. The molecule has 1 heterocycles. The predicted octanol–water partition coefficient (Wildman–Crippen LogP) is 9.61. The van der Waals surface area contributed by atoms with Gasteiger partial charge in [-0.1, -0.05) is 91.0 Å². The minimum Gasteiger partial charge on any atom is -0.297 e. The van der Waals surface area contributed by atoms with Crippen LogP contribution in [0.15, 0.2) is 127 Å². The van der Waals surface area contributed by atoms with E-state index in [0.29, 0.717) is 0 Å². The molecule has 8 aromatic rings. The van der Waals surface area contributed by atoms with Gasteiger partial charge in [0.1, 0.15) is 5.82 Å². The molecular formula is C36H24N2. The summed E-state index contributed by atoms with van der Waals surface area (Å²) in [5, 5.41) is 10.2. The molecule has 8 rings (SSSR count). The van der Waals surface area contributed by atoms with Gasteiger partial charge in [0.2, 0.25) is 0 Å². The van der Waals surface area contributed by atoms with Gasteiger partial charge >= 0.3 is 0 Å². The average molecular weight is 485 g/mol. The Hall–Kier alpha value is -4.95. The zero-order valence-corrected chi connectivity index (χ0v) is 21.0. The van der Waals surface area contributed by atoms with Crippen LogP contribution in [0.4, 0.5) is 0 Å². The molecule has 178 valence electrons. The Labute approximate surface area is 220 Å². The highest BCUT2D eigenvalue weighted by atomic mass is 15.1. The maximum atomic E-state index is 4.76. The van der Waals surface area contributed by atoms with Crippen molar-refractivity contribution in [3.8, 4) is 16.8 Å². The molecule has 0 amide bonds. The first kappa shape index (κ1) is 21.2. The molecule has 0 bridgehead atoms. The lowest BCUT2D eigenvalue weighted by molar-refractivity contribution is 1.00. The second-order valence-electron chi connectivity index (χ2n) is 10.1. The van der Waals surface area contributed by atoms with Crippen molar-refractivity contribution in [2.24, 2.45) is 0 Å². The maximum absolute atomic E-state index is 4.76. The Morgan fingerprint density at radius 1 is 0.526 bits per heavy atom. The van der Waals surface area contributed by atoms with E-state index in [1.165, 1.54) is 54.2 Å². The molecule has 0 fully saturated rings. The van der Waals surface area contributed by atoms with E-state index in [-0.39, 0.29) is 0 Å². The Morgan fingerprint density at radius 2 is 1.21 bits per heavy atom. The number of aromatic nitrogens is 2. The molecule has 0 aliphatic carbocycles. The van der Waals surface area contributed by atoms with E-state index in [1.54, 1.807) is 0 Å². The highest BCUT2D eigenvalue weighted by Crippen LogP contribution is 2.39. The number of aryl methyl sites for hydroxylation is 1. The van der Waals surface area contributed by atoms with Crippen LogP contribution in [0, 0.1) is 6.92 Å². The van der Waals surface area contributed by atoms with Crippen molar-refractivity contribution in [1.82, 2.24) is 9.55 Å². The van der Waals surface area contributed by atoms with Crippen molar-refractivity contribution < 1.29 is 0 Å². The van der Waals surface area contributed by atoms with Gasteiger partial charge in [0.25, 0.3) is 0 Å². The van der Waals surface area contributed by atoms with Crippen LogP contribution in [-0.2, 0) is 0 Å². The molecule has 0 radical (unpaired) electrons. The zero-order valence-electron chi connectivity index (χ0n) is 21.0. The van der Waals surface area contributed by atoms with Gasteiger partial charge in [-0.05, 0) is 97.5 Å². The van der Waals surface area contributed by atoms with Gasteiger partial charge in [-0.2, -0.15) is 0 Å². The smallest absolute Gasteiger partial charge is 0.111 e. The molecule has 2 heteroatoms. The molecule has 0 atom stereocenters. The second-order valence-corrected chi connectivity index (χ2v) is 10.1. The summed E-state index contributed by atoms with van der Waals surface area (Å²) in [7, 11) is 0. The molecule has 0 aliphatic rings. The predicted molar refractivity (Wildman–Crippen MR) is 161 cm³/mol. The van der Waals surface area contributed by atoms with Gasteiger partial charge in [0.15, 0.2) is 0 Å². The van der Waals surface area contributed by atoms with Crippen LogP contribution in [0.25, 0.3) is 70.9 Å². The van der Waals surface area contributed by atoms with E-state index in [1.807, 2.05) is 6.07 Å². The summed E-state index contributed by atoms with van der Waals surface area (Å²) in [6, 6.07) is 46.2. The average Bonchev–Trinajstić information content (AvgIpc) is 3.31. The van der Waals surface area contributed by atoms with E-state index < -0.39 is 0 Å². The Balaban J connectivity index is 1.32. The molecule has 1 aromatic heterocycles. The number of nitrogens with zero attached hydrogens (tertiary/aromatic N) is 2. The third kappa shape index (κ3) is 3.10. The summed E-state index contributed by atoms with van der Waals surface area (Å²) in [6.45, 7) is 2.07. The fourth-order valence-corrected chi connectivity index (χ4v) is 6.13. The first-order chi connectivity index (χ1) is 18.7. The lowest BCUT2D eigenvalue weighted by Gasteiger charge is -2.14. The van der Waals surface area contributed by atoms with E-state index in [9.17, 15) is 0 Å². The minimum atomic E-state index is 0.998. The van der Waals surface area contributed by atoms with Crippen molar-refractivity contribution in [3.05, 3.63) is 133 Å². The molecule has 0 aliphatic heterocycles. The largest absolute Gasteiger partial charge is 0.297 e. The third-order valence-corrected chi connectivity index (χ3v) is 7.87. The summed E-state index contributed by atoms with van der Waals surface area (Å²) in [4.78, 5) is 4.76. The summed E-state index contributed by atoms with van der Waals surface area (Å²) >= 11 is 0. The zero-order chi connectivity index (χ0) is 25.2. The van der Waals surface area contributed by atoms with Crippen molar-refractivity contribution in [3.63, 3.8) is 0 Å². The number of benzene rings is 7. The normalized spacial score (nSPS) is 11.8. The van der Waals surface area contributed by atoms with Gasteiger partial charge in [-0.25, -0.2) is 4.98 Å². The number of fused-ring (bicyclic) bond motifs is 7. The molecule has 0 unspecified atom stereocenters. The van der Waals surface area contributed by atoms with Crippen LogP contribution >= 0.6 is 0 Å². The molecule has 38 heavy (non-hydrogen) atoms. The third-order valence-electron chi connectivity index (χ3n) is 7.87. The topological polar surface area (TPSA) is 17.8 Å². The summed E-state index contributed by atoms with van der Waals surface area (Å²) in [6.07, 6.45) is 0. The SMILES string of the molecule is Cc1nc2ccccc2n1-c1ccc2cc(-c3cc4ccc5ccccc5c4c4ccccc34)ccc2c1. The molecule has 2 nitrogen and oxygen atoms in total. The lowest BCUT2D eigenvalue weighted by atomic mass is 9.90. The van der Waals surface area contributed by atoms with Gasteiger partial charge in [-0.3, -0.25) is 4.57 Å². The molecule has 0 saturated heterocycles. The molecule has 0 N–H and O–H groups in total.